The van der Waals surface area contributed by atoms with E-state index in [1.807, 2.05) is 0 Å². The molecule has 13 heavy (non-hydrogen) atoms. The second-order valence-electron chi connectivity index (χ2n) is 2.29. The Morgan fingerprint density at radius 2 is 2.38 bits per heavy atom. The minimum absolute atomic E-state index is 0.166. The topological polar surface area (TPSA) is 99.1 Å². The van der Waals surface area contributed by atoms with Crippen molar-refractivity contribution in [3.8, 4) is 0 Å². The van der Waals surface area contributed by atoms with E-state index in [9.17, 15) is 14.9 Å². The highest BCUT2D eigenvalue weighted by Gasteiger charge is 2.11. The van der Waals surface area contributed by atoms with Gasteiger partial charge in [-0.15, -0.1) is 0 Å². The van der Waals surface area contributed by atoms with Crippen LogP contribution in [0.2, 0.25) is 0 Å². The summed E-state index contributed by atoms with van der Waals surface area (Å²) >= 11 is 0. The number of ketones is 1. The molecule has 0 aliphatic carbocycles. The molecule has 0 saturated carbocycles. The van der Waals surface area contributed by atoms with Gasteiger partial charge in [-0.25, -0.2) is 0 Å². The molecule has 0 amide bonds. The smallest absolute Gasteiger partial charge is 0.358 e. The molecule has 0 saturated heterocycles. The van der Waals surface area contributed by atoms with Crippen molar-refractivity contribution in [3.05, 3.63) is 34.0 Å². The molecular formula is C7H7N3O3. The van der Waals surface area contributed by atoms with Crippen molar-refractivity contribution in [2.75, 3.05) is 6.54 Å². The Hall–Kier alpha value is -1.82. The van der Waals surface area contributed by atoms with Crippen molar-refractivity contribution in [2.24, 2.45) is 5.73 Å². The van der Waals surface area contributed by atoms with Crippen LogP contribution in [0.15, 0.2) is 18.3 Å². The number of pyridine rings is 1. The summed E-state index contributed by atoms with van der Waals surface area (Å²) in [4.78, 5) is 24.1. The summed E-state index contributed by atoms with van der Waals surface area (Å²) in [6.07, 6.45) is 1.21. The zero-order valence-corrected chi connectivity index (χ0v) is 6.64. The molecule has 0 aliphatic heterocycles. The molecule has 0 aromatic carbocycles. The van der Waals surface area contributed by atoms with Gasteiger partial charge in [-0.05, 0) is 16.0 Å². The van der Waals surface area contributed by atoms with Crippen molar-refractivity contribution >= 4 is 11.6 Å². The molecule has 6 heteroatoms. The fraction of sp³-hybridized carbons (Fsp3) is 0.143. The Morgan fingerprint density at radius 3 is 2.92 bits per heavy atom. The number of hydrogen-bond acceptors (Lipinski definition) is 5. The molecule has 1 heterocycles. The fourth-order valence-corrected chi connectivity index (χ4v) is 0.810. The lowest BCUT2D eigenvalue weighted by molar-refractivity contribution is -0.389. The van der Waals surface area contributed by atoms with Crippen LogP contribution in [0.4, 0.5) is 5.82 Å². The molecule has 6 nitrogen and oxygen atoms in total. The summed E-state index contributed by atoms with van der Waals surface area (Å²) in [5, 5.41) is 10.3. The summed E-state index contributed by atoms with van der Waals surface area (Å²) in [6.45, 7) is -0.166. The van der Waals surface area contributed by atoms with Crippen LogP contribution < -0.4 is 5.73 Å². The molecule has 0 spiro atoms. The van der Waals surface area contributed by atoms with Gasteiger partial charge in [-0.3, -0.25) is 4.79 Å². The number of nitrogens with two attached hydrogens (primary N) is 1. The molecule has 2 N–H and O–H groups in total. The molecular weight excluding hydrogens is 174 g/mol. The summed E-state index contributed by atoms with van der Waals surface area (Å²) in [6, 6.07) is 2.50. The van der Waals surface area contributed by atoms with Gasteiger partial charge in [-0.1, -0.05) is 0 Å². The van der Waals surface area contributed by atoms with Crippen molar-refractivity contribution in [1.29, 1.82) is 0 Å². The summed E-state index contributed by atoms with van der Waals surface area (Å²) in [7, 11) is 0. The van der Waals surface area contributed by atoms with Crippen molar-refractivity contribution < 1.29 is 9.72 Å². The van der Waals surface area contributed by atoms with E-state index in [-0.39, 0.29) is 23.7 Å². The van der Waals surface area contributed by atoms with E-state index in [0.29, 0.717) is 0 Å². The van der Waals surface area contributed by atoms with Crippen LogP contribution in [-0.4, -0.2) is 22.2 Å². The van der Waals surface area contributed by atoms with Gasteiger partial charge in [0.15, 0.2) is 5.78 Å². The number of nitrogens with zero attached hydrogens (tertiary/aromatic N) is 2. The Morgan fingerprint density at radius 1 is 1.69 bits per heavy atom. The first-order valence-corrected chi connectivity index (χ1v) is 3.49. The predicted octanol–water partition coefficient (Wildman–Crippen LogP) is 0.131. The number of aromatic nitrogens is 1. The summed E-state index contributed by atoms with van der Waals surface area (Å²) in [5.74, 6) is -0.690. The Balaban J connectivity index is 3.05. The van der Waals surface area contributed by atoms with Gasteiger partial charge in [0.1, 0.15) is 6.20 Å². The van der Waals surface area contributed by atoms with Crippen LogP contribution in [0.3, 0.4) is 0 Å². The fourth-order valence-electron chi connectivity index (χ4n) is 0.810. The molecule has 0 radical (unpaired) electrons. The van der Waals surface area contributed by atoms with Crippen molar-refractivity contribution in [3.63, 3.8) is 0 Å². The lowest BCUT2D eigenvalue weighted by Crippen LogP contribution is -2.13. The molecule has 0 bridgehead atoms. The zero-order chi connectivity index (χ0) is 9.84. The maximum absolute atomic E-state index is 11.0. The van der Waals surface area contributed by atoms with Gasteiger partial charge in [-0.2, -0.15) is 0 Å². The van der Waals surface area contributed by atoms with Gasteiger partial charge in [0, 0.05) is 11.6 Å². The highest BCUT2D eigenvalue weighted by Crippen LogP contribution is 2.08. The van der Waals surface area contributed by atoms with Crippen LogP contribution >= 0.6 is 0 Å². The second kappa shape index (κ2) is 3.72. The monoisotopic (exact) mass is 181 g/mol. The van der Waals surface area contributed by atoms with Crippen molar-refractivity contribution in [1.82, 2.24) is 4.98 Å². The van der Waals surface area contributed by atoms with E-state index in [4.69, 9.17) is 5.73 Å². The van der Waals surface area contributed by atoms with Crippen LogP contribution in [0.25, 0.3) is 0 Å². The number of nitro groups is 1. The Bertz CT molecular complexity index is 351. The third kappa shape index (κ3) is 2.06. The zero-order valence-electron chi connectivity index (χ0n) is 6.64. The molecule has 1 aromatic heterocycles. The number of Topliss-reactive ketones (excluding diaryl/α,β-unsaturated/α-hetero) is 1. The average Bonchev–Trinajstić information content (AvgIpc) is 2.17. The molecule has 0 atom stereocenters. The molecule has 0 aliphatic rings. The van der Waals surface area contributed by atoms with Crippen LogP contribution in [0.5, 0.6) is 0 Å². The Kier molecular flexibility index (Phi) is 2.65. The van der Waals surface area contributed by atoms with Crippen molar-refractivity contribution in [2.45, 2.75) is 0 Å². The lowest BCUT2D eigenvalue weighted by atomic mass is 10.2. The van der Waals surface area contributed by atoms with E-state index < -0.39 is 4.92 Å². The van der Waals surface area contributed by atoms with Gasteiger partial charge >= 0.3 is 5.82 Å². The van der Waals surface area contributed by atoms with Gasteiger partial charge in [0.05, 0.1) is 6.54 Å². The largest absolute Gasteiger partial charge is 0.364 e. The molecule has 0 fully saturated rings. The van der Waals surface area contributed by atoms with Crippen LogP contribution in [-0.2, 0) is 0 Å². The normalized spacial score (nSPS) is 9.62. The van der Waals surface area contributed by atoms with Gasteiger partial charge < -0.3 is 15.8 Å². The number of carbonyl (C=O) groups excluding carboxylic acids is 1. The quantitative estimate of drug-likeness (QED) is 0.406. The molecule has 68 valence electrons. The van der Waals surface area contributed by atoms with E-state index in [0.717, 1.165) is 6.07 Å². The second-order valence-corrected chi connectivity index (χ2v) is 2.29. The van der Waals surface area contributed by atoms with Crippen LogP contribution in [0.1, 0.15) is 10.4 Å². The maximum atomic E-state index is 11.0. The summed E-state index contributed by atoms with van der Waals surface area (Å²) < 4.78 is 0. The average molecular weight is 181 g/mol. The maximum Gasteiger partial charge on any atom is 0.364 e. The van der Waals surface area contributed by atoms with E-state index in [1.54, 1.807) is 0 Å². The molecule has 0 unspecified atom stereocenters. The summed E-state index contributed by atoms with van der Waals surface area (Å²) in [5.41, 5.74) is 5.30. The minimum Gasteiger partial charge on any atom is -0.358 e. The first-order valence-electron chi connectivity index (χ1n) is 3.49. The molecule has 1 aromatic rings. The third-order valence-electron chi connectivity index (χ3n) is 1.44. The van der Waals surface area contributed by atoms with E-state index >= 15 is 0 Å². The highest BCUT2D eigenvalue weighted by molar-refractivity contribution is 5.97. The van der Waals surface area contributed by atoms with Crippen LogP contribution in [0, 0.1) is 10.1 Å². The standard InChI is InChI=1S/C7H7N3O3/c8-4-6(11)5-1-2-9-7(3-5)10(12)13/h1-3H,4,8H2. The molecule has 1 rings (SSSR count). The highest BCUT2D eigenvalue weighted by atomic mass is 16.6. The number of hydrogen-bond donors (Lipinski definition) is 1. The number of rotatable bonds is 3. The first kappa shape index (κ1) is 9.27. The Labute approximate surface area is 73.5 Å². The van der Waals surface area contributed by atoms with Gasteiger partial charge in [0.25, 0.3) is 0 Å². The minimum atomic E-state index is -0.659. The van der Waals surface area contributed by atoms with E-state index in [1.165, 1.54) is 12.3 Å². The lowest BCUT2D eigenvalue weighted by Gasteiger charge is -1.95. The predicted molar refractivity (Wildman–Crippen MR) is 44.3 cm³/mol. The SMILES string of the molecule is NCC(=O)c1ccnc([N+](=O)[O-])c1. The number of carbonyl (C=O) groups is 1. The third-order valence-corrected chi connectivity index (χ3v) is 1.44. The first-order chi connectivity index (χ1) is 6.15. The van der Waals surface area contributed by atoms with Gasteiger partial charge in [0.2, 0.25) is 0 Å². The van der Waals surface area contributed by atoms with E-state index in [2.05, 4.69) is 4.98 Å².